The summed E-state index contributed by atoms with van der Waals surface area (Å²) in [6, 6.07) is 17.5. The summed E-state index contributed by atoms with van der Waals surface area (Å²) in [4.78, 5) is 15.1. The molecule has 0 bridgehead atoms. The van der Waals surface area contributed by atoms with Crippen molar-refractivity contribution >= 4 is 46.0 Å². The first kappa shape index (κ1) is 18.4. The first-order valence-corrected chi connectivity index (χ1v) is 9.55. The van der Waals surface area contributed by atoms with Crippen molar-refractivity contribution in [1.82, 2.24) is 0 Å². The zero-order valence-electron chi connectivity index (χ0n) is 14.6. The van der Waals surface area contributed by atoms with Crippen LogP contribution in [0, 0.1) is 0 Å². The van der Waals surface area contributed by atoms with E-state index < -0.39 is 0 Å². The zero-order valence-corrected chi connectivity index (χ0v) is 16.3. The molecular weight excluding hydrogens is 362 g/mol. The number of allylic oxidation sites excluding steroid dienone is 2. The Balaban J connectivity index is 1.89. The van der Waals surface area contributed by atoms with Crippen molar-refractivity contribution in [3.05, 3.63) is 76.7 Å². The molecule has 0 aliphatic carbocycles. The quantitative estimate of drug-likeness (QED) is 0.510. The number of ether oxygens (including phenoxy) is 1. The zero-order chi connectivity index (χ0) is 18.5. The summed E-state index contributed by atoms with van der Waals surface area (Å²) < 4.78 is 6.16. The van der Waals surface area contributed by atoms with Crippen LogP contribution in [0.2, 0.25) is 0 Å². The standard InChI is InChI=1S/C21H19NO2S2/c1-3-24-18-12-8-7-11-17(18)22-20(23)19(26-21(22)25)14-15(2)13-16-9-5-4-6-10-16/h4-14H,3H2,1-2H3. The van der Waals surface area contributed by atoms with Gasteiger partial charge in [0.05, 0.1) is 17.2 Å². The van der Waals surface area contributed by atoms with Crippen molar-refractivity contribution in [3.63, 3.8) is 0 Å². The lowest BCUT2D eigenvalue weighted by atomic mass is 10.1. The van der Waals surface area contributed by atoms with Crippen LogP contribution >= 0.6 is 24.0 Å². The number of para-hydroxylation sites is 2. The van der Waals surface area contributed by atoms with Gasteiger partial charge in [0.25, 0.3) is 5.91 Å². The van der Waals surface area contributed by atoms with Gasteiger partial charge in [-0.2, -0.15) is 0 Å². The number of amides is 1. The maximum Gasteiger partial charge on any atom is 0.270 e. The second kappa shape index (κ2) is 8.34. The lowest BCUT2D eigenvalue weighted by Gasteiger charge is -2.18. The molecule has 0 atom stereocenters. The highest BCUT2D eigenvalue weighted by Crippen LogP contribution is 2.39. The van der Waals surface area contributed by atoms with Crippen molar-refractivity contribution in [3.8, 4) is 5.75 Å². The van der Waals surface area contributed by atoms with Gasteiger partial charge in [0.2, 0.25) is 0 Å². The Bertz CT molecular complexity index is 888. The molecule has 0 aromatic heterocycles. The van der Waals surface area contributed by atoms with Crippen LogP contribution < -0.4 is 9.64 Å². The minimum atomic E-state index is -0.118. The van der Waals surface area contributed by atoms with Crippen LogP contribution in [0.1, 0.15) is 19.4 Å². The maximum atomic E-state index is 12.9. The van der Waals surface area contributed by atoms with Crippen molar-refractivity contribution < 1.29 is 9.53 Å². The molecule has 1 aliphatic rings. The van der Waals surface area contributed by atoms with Gasteiger partial charge in [-0.1, -0.05) is 72.5 Å². The summed E-state index contributed by atoms with van der Waals surface area (Å²) in [5.41, 5.74) is 2.78. The number of carbonyl (C=O) groups is 1. The third kappa shape index (κ3) is 4.06. The van der Waals surface area contributed by atoms with Gasteiger partial charge in [0.15, 0.2) is 4.32 Å². The molecule has 1 fully saturated rings. The molecular formula is C21H19NO2S2. The van der Waals surface area contributed by atoms with Gasteiger partial charge in [-0.05, 0) is 43.2 Å². The van der Waals surface area contributed by atoms with Gasteiger partial charge in [0, 0.05) is 0 Å². The second-order valence-corrected chi connectivity index (χ2v) is 7.39. The van der Waals surface area contributed by atoms with E-state index in [1.807, 2.05) is 80.6 Å². The third-order valence-corrected chi connectivity index (χ3v) is 5.05. The van der Waals surface area contributed by atoms with E-state index in [9.17, 15) is 4.79 Å². The molecule has 1 aliphatic heterocycles. The monoisotopic (exact) mass is 381 g/mol. The van der Waals surface area contributed by atoms with Crippen LogP contribution in [-0.4, -0.2) is 16.8 Å². The number of anilines is 1. The molecule has 0 saturated carbocycles. The molecule has 1 heterocycles. The van der Waals surface area contributed by atoms with Crippen LogP contribution in [0.3, 0.4) is 0 Å². The van der Waals surface area contributed by atoms with Crippen LogP contribution in [0.5, 0.6) is 5.75 Å². The molecule has 0 spiro atoms. The van der Waals surface area contributed by atoms with Crippen LogP contribution in [0.4, 0.5) is 5.69 Å². The summed E-state index contributed by atoms with van der Waals surface area (Å²) >= 11 is 6.77. The Morgan fingerprint density at radius 3 is 2.58 bits per heavy atom. The Morgan fingerprint density at radius 1 is 1.15 bits per heavy atom. The topological polar surface area (TPSA) is 29.5 Å². The van der Waals surface area contributed by atoms with Crippen LogP contribution in [-0.2, 0) is 4.79 Å². The highest BCUT2D eigenvalue weighted by molar-refractivity contribution is 8.27. The van der Waals surface area contributed by atoms with Crippen molar-refractivity contribution in [2.75, 3.05) is 11.5 Å². The number of thioether (sulfide) groups is 1. The average Bonchev–Trinajstić information content (AvgIpc) is 2.90. The molecule has 1 amide bonds. The predicted molar refractivity (Wildman–Crippen MR) is 113 cm³/mol. The molecule has 3 nitrogen and oxygen atoms in total. The largest absolute Gasteiger partial charge is 0.492 e. The fourth-order valence-corrected chi connectivity index (χ4v) is 3.99. The van der Waals surface area contributed by atoms with Gasteiger partial charge in [-0.3, -0.25) is 9.69 Å². The Morgan fingerprint density at radius 2 is 1.85 bits per heavy atom. The molecule has 2 aromatic carbocycles. The average molecular weight is 382 g/mol. The summed E-state index contributed by atoms with van der Waals surface area (Å²) in [5.74, 6) is 0.539. The molecule has 3 rings (SSSR count). The van der Waals surface area contributed by atoms with E-state index in [1.165, 1.54) is 11.8 Å². The molecule has 0 N–H and O–H groups in total. The Hall–Kier alpha value is -2.37. The second-order valence-electron chi connectivity index (χ2n) is 5.72. The first-order chi connectivity index (χ1) is 12.6. The number of hydrogen-bond donors (Lipinski definition) is 0. The van der Waals surface area contributed by atoms with Gasteiger partial charge in [-0.25, -0.2) is 0 Å². The van der Waals surface area contributed by atoms with Gasteiger partial charge < -0.3 is 4.74 Å². The molecule has 2 aromatic rings. The van der Waals surface area contributed by atoms with E-state index in [2.05, 4.69) is 0 Å². The summed E-state index contributed by atoms with van der Waals surface area (Å²) in [5, 5.41) is 0. The smallest absolute Gasteiger partial charge is 0.270 e. The molecule has 132 valence electrons. The lowest BCUT2D eigenvalue weighted by molar-refractivity contribution is -0.113. The van der Waals surface area contributed by atoms with Crippen molar-refractivity contribution in [1.29, 1.82) is 0 Å². The number of thiocarbonyl (C=S) groups is 1. The SMILES string of the molecule is CCOc1ccccc1N1C(=O)C(=CC(C)=Cc2ccccc2)SC1=S. The number of nitrogens with zero attached hydrogens (tertiary/aromatic N) is 1. The van der Waals surface area contributed by atoms with E-state index in [4.69, 9.17) is 17.0 Å². The predicted octanol–water partition coefficient (Wildman–Crippen LogP) is 5.44. The van der Waals surface area contributed by atoms with Gasteiger partial charge in [0.1, 0.15) is 5.75 Å². The van der Waals surface area contributed by atoms with E-state index >= 15 is 0 Å². The third-order valence-electron chi connectivity index (χ3n) is 3.75. The minimum Gasteiger partial charge on any atom is -0.492 e. The highest BCUT2D eigenvalue weighted by Gasteiger charge is 2.34. The van der Waals surface area contributed by atoms with Crippen LogP contribution in [0.15, 0.2) is 71.2 Å². The van der Waals surface area contributed by atoms with Crippen molar-refractivity contribution in [2.24, 2.45) is 0 Å². The Labute approximate surface area is 163 Å². The minimum absolute atomic E-state index is 0.118. The molecule has 0 unspecified atom stereocenters. The van der Waals surface area contributed by atoms with Gasteiger partial charge >= 0.3 is 0 Å². The number of hydrogen-bond acceptors (Lipinski definition) is 4. The van der Waals surface area contributed by atoms with E-state index in [0.717, 1.165) is 11.1 Å². The number of rotatable bonds is 5. The molecule has 1 saturated heterocycles. The lowest BCUT2D eigenvalue weighted by Crippen LogP contribution is -2.28. The maximum absolute atomic E-state index is 12.9. The van der Waals surface area contributed by atoms with Gasteiger partial charge in [-0.15, -0.1) is 0 Å². The fourth-order valence-electron chi connectivity index (χ4n) is 2.66. The fraction of sp³-hybridized carbons (Fsp3) is 0.143. The van der Waals surface area contributed by atoms with E-state index in [0.29, 0.717) is 27.3 Å². The highest BCUT2D eigenvalue weighted by atomic mass is 32.2. The van der Waals surface area contributed by atoms with Crippen molar-refractivity contribution in [2.45, 2.75) is 13.8 Å². The van der Waals surface area contributed by atoms with E-state index in [1.54, 1.807) is 4.90 Å². The molecule has 5 heteroatoms. The van der Waals surface area contributed by atoms with Crippen LogP contribution in [0.25, 0.3) is 6.08 Å². The van der Waals surface area contributed by atoms with E-state index in [-0.39, 0.29) is 5.91 Å². The normalized spacial score (nSPS) is 16.5. The summed E-state index contributed by atoms with van der Waals surface area (Å²) in [6.07, 6.45) is 3.93. The molecule has 26 heavy (non-hydrogen) atoms. The molecule has 0 radical (unpaired) electrons. The summed E-state index contributed by atoms with van der Waals surface area (Å²) in [6.45, 7) is 4.42. The number of benzene rings is 2. The summed E-state index contributed by atoms with van der Waals surface area (Å²) in [7, 11) is 0. The number of carbonyl (C=O) groups excluding carboxylic acids is 1. The first-order valence-electron chi connectivity index (χ1n) is 8.33. The Kier molecular flexibility index (Phi) is 5.91.